The Hall–Kier alpha value is -1.32. The summed E-state index contributed by atoms with van der Waals surface area (Å²) in [6.45, 7) is 2.60. The van der Waals surface area contributed by atoms with Crippen LogP contribution in [0.2, 0.25) is 0 Å². The minimum atomic E-state index is 0.519. The van der Waals surface area contributed by atoms with Crippen LogP contribution in [0.25, 0.3) is 0 Å². The van der Waals surface area contributed by atoms with Gasteiger partial charge in [-0.15, -0.1) is 0 Å². The Balaban J connectivity index is 1.67. The van der Waals surface area contributed by atoms with Crippen LogP contribution >= 0.6 is 0 Å². The van der Waals surface area contributed by atoms with Gasteiger partial charge >= 0.3 is 0 Å². The highest BCUT2D eigenvalue weighted by molar-refractivity contribution is 5.34. The lowest BCUT2D eigenvalue weighted by atomic mass is 9.51. The van der Waals surface area contributed by atoms with Crippen molar-refractivity contribution in [3.05, 3.63) is 11.9 Å². The van der Waals surface area contributed by atoms with Crippen LogP contribution in [0, 0.1) is 23.7 Å². The Morgan fingerprint density at radius 3 is 2.35 bits per heavy atom. The first-order chi connectivity index (χ1) is 9.72. The molecule has 4 aliphatic carbocycles. The normalized spacial score (nSPS) is 38.1. The van der Waals surface area contributed by atoms with Crippen molar-refractivity contribution in [1.82, 2.24) is 9.97 Å². The highest BCUT2D eigenvalue weighted by Gasteiger charge is 2.49. The van der Waals surface area contributed by atoms with E-state index < -0.39 is 0 Å². The van der Waals surface area contributed by atoms with E-state index >= 15 is 0 Å². The molecule has 0 atom stereocenters. The van der Waals surface area contributed by atoms with E-state index in [1.165, 1.54) is 32.1 Å². The maximum atomic E-state index is 5.95. The fraction of sp³-hybridized carbons (Fsp3) is 0.750. The fourth-order valence-electron chi connectivity index (χ4n) is 5.18. The first kappa shape index (κ1) is 12.4. The van der Waals surface area contributed by atoms with E-state index in [0.717, 1.165) is 29.5 Å². The summed E-state index contributed by atoms with van der Waals surface area (Å²) in [7, 11) is 0. The standard InChI is InChI=1S/C16H23N3O/c1-2-20-14-8-13(17)18-16(19-14)15-11-4-9-3-10(6-11)7-12(15)5-9/h8-12,15H,2-7H2,1H3,(H2,17,18,19). The van der Waals surface area contributed by atoms with Gasteiger partial charge in [0.05, 0.1) is 6.61 Å². The second-order valence-corrected chi connectivity index (χ2v) is 6.88. The molecular formula is C16H23N3O. The summed E-state index contributed by atoms with van der Waals surface area (Å²) in [5.74, 6) is 6.16. The maximum Gasteiger partial charge on any atom is 0.218 e. The Morgan fingerprint density at radius 2 is 1.75 bits per heavy atom. The van der Waals surface area contributed by atoms with Crippen LogP contribution in [-0.4, -0.2) is 16.6 Å². The first-order valence-corrected chi connectivity index (χ1v) is 8.00. The van der Waals surface area contributed by atoms with E-state index in [1.807, 2.05) is 6.92 Å². The summed E-state index contributed by atoms with van der Waals surface area (Å²) < 4.78 is 5.54. The van der Waals surface area contributed by atoms with E-state index in [2.05, 4.69) is 9.97 Å². The number of nitrogen functional groups attached to an aromatic ring is 1. The number of anilines is 1. The number of ether oxygens (including phenoxy) is 1. The van der Waals surface area contributed by atoms with Crippen LogP contribution in [0.5, 0.6) is 5.88 Å². The Morgan fingerprint density at radius 1 is 1.10 bits per heavy atom. The number of hydrogen-bond donors (Lipinski definition) is 1. The van der Waals surface area contributed by atoms with Crippen LogP contribution in [-0.2, 0) is 0 Å². The average molecular weight is 273 g/mol. The lowest BCUT2D eigenvalue weighted by Gasteiger charge is -2.53. The zero-order chi connectivity index (χ0) is 13.7. The van der Waals surface area contributed by atoms with E-state index in [9.17, 15) is 0 Å². The first-order valence-electron chi connectivity index (χ1n) is 8.00. The summed E-state index contributed by atoms with van der Waals surface area (Å²) in [6, 6.07) is 1.74. The third kappa shape index (κ3) is 1.97. The average Bonchev–Trinajstić information content (AvgIpc) is 2.37. The van der Waals surface area contributed by atoms with Crippen molar-refractivity contribution in [2.45, 2.75) is 44.9 Å². The van der Waals surface area contributed by atoms with Gasteiger partial charge in [0.2, 0.25) is 5.88 Å². The number of nitrogens with two attached hydrogens (primary N) is 1. The lowest BCUT2D eigenvalue weighted by molar-refractivity contribution is -0.00577. The molecule has 1 aromatic heterocycles. The minimum absolute atomic E-state index is 0.519. The van der Waals surface area contributed by atoms with Crippen LogP contribution in [0.3, 0.4) is 0 Å². The number of nitrogens with zero attached hydrogens (tertiary/aromatic N) is 2. The van der Waals surface area contributed by atoms with Gasteiger partial charge < -0.3 is 10.5 Å². The highest BCUT2D eigenvalue weighted by Crippen LogP contribution is 2.59. The molecule has 4 fully saturated rings. The molecule has 2 N–H and O–H groups in total. The molecule has 5 rings (SSSR count). The summed E-state index contributed by atoms with van der Waals surface area (Å²) in [5.41, 5.74) is 5.95. The van der Waals surface area contributed by atoms with Crippen molar-refractivity contribution in [1.29, 1.82) is 0 Å². The van der Waals surface area contributed by atoms with E-state index in [-0.39, 0.29) is 0 Å². The van der Waals surface area contributed by atoms with Gasteiger partial charge in [-0.2, -0.15) is 4.98 Å². The van der Waals surface area contributed by atoms with Crippen LogP contribution in [0.15, 0.2) is 6.07 Å². The molecule has 1 aromatic rings. The van der Waals surface area contributed by atoms with E-state index in [1.54, 1.807) is 6.07 Å². The van der Waals surface area contributed by atoms with Gasteiger partial charge in [-0.1, -0.05) is 0 Å². The smallest absolute Gasteiger partial charge is 0.218 e. The quantitative estimate of drug-likeness (QED) is 0.919. The topological polar surface area (TPSA) is 61.0 Å². The van der Waals surface area contributed by atoms with Gasteiger partial charge in [0.25, 0.3) is 0 Å². The number of hydrogen-bond acceptors (Lipinski definition) is 4. The van der Waals surface area contributed by atoms with E-state index in [0.29, 0.717) is 24.2 Å². The summed E-state index contributed by atoms with van der Waals surface area (Å²) in [6.07, 6.45) is 6.97. The van der Waals surface area contributed by atoms with Gasteiger partial charge in [-0.05, 0) is 62.7 Å². The molecule has 0 amide bonds. The van der Waals surface area contributed by atoms with Crippen molar-refractivity contribution in [3.8, 4) is 5.88 Å². The van der Waals surface area contributed by atoms with Gasteiger partial charge in [0, 0.05) is 12.0 Å². The highest BCUT2D eigenvalue weighted by atomic mass is 16.5. The molecule has 4 saturated carbocycles. The molecule has 4 heteroatoms. The molecule has 0 unspecified atom stereocenters. The Kier molecular flexibility index (Phi) is 2.86. The third-order valence-corrected chi connectivity index (χ3v) is 5.56. The molecule has 0 saturated heterocycles. The minimum Gasteiger partial charge on any atom is -0.478 e. The zero-order valence-electron chi connectivity index (χ0n) is 12.1. The molecule has 0 aromatic carbocycles. The molecule has 4 bridgehead atoms. The summed E-state index contributed by atoms with van der Waals surface area (Å²) in [4.78, 5) is 9.20. The second-order valence-electron chi connectivity index (χ2n) is 6.88. The van der Waals surface area contributed by atoms with Crippen LogP contribution < -0.4 is 10.5 Å². The van der Waals surface area contributed by atoms with Crippen molar-refractivity contribution in [2.24, 2.45) is 23.7 Å². The molecule has 4 aliphatic rings. The molecule has 0 aliphatic heterocycles. The molecule has 20 heavy (non-hydrogen) atoms. The van der Waals surface area contributed by atoms with Gasteiger partial charge in [0.15, 0.2) is 0 Å². The van der Waals surface area contributed by atoms with Crippen LogP contribution in [0.1, 0.15) is 50.8 Å². The predicted octanol–water partition coefficient (Wildman–Crippen LogP) is 3.00. The summed E-state index contributed by atoms with van der Waals surface area (Å²) in [5, 5.41) is 0. The molecule has 0 spiro atoms. The molecule has 0 radical (unpaired) electrons. The van der Waals surface area contributed by atoms with Crippen LogP contribution in [0.4, 0.5) is 5.82 Å². The van der Waals surface area contributed by atoms with Gasteiger partial charge in [-0.3, -0.25) is 0 Å². The molecular weight excluding hydrogens is 250 g/mol. The zero-order valence-corrected chi connectivity index (χ0v) is 12.1. The maximum absolute atomic E-state index is 5.95. The van der Waals surface area contributed by atoms with Crippen molar-refractivity contribution in [3.63, 3.8) is 0 Å². The number of aromatic nitrogens is 2. The predicted molar refractivity (Wildman–Crippen MR) is 77.4 cm³/mol. The van der Waals surface area contributed by atoms with Crippen molar-refractivity contribution < 1.29 is 4.74 Å². The molecule has 4 nitrogen and oxygen atoms in total. The Labute approximate surface area is 120 Å². The second kappa shape index (κ2) is 4.61. The molecule has 1 heterocycles. The van der Waals surface area contributed by atoms with Crippen molar-refractivity contribution in [2.75, 3.05) is 12.3 Å². The number of rotatable bonds is 3. The molecule has 108 valence electrons. The van der Waals surface area contributed by atoms with E-state index in [4.69, 9.17) is 10.5 Å². The largest absolute Gasteiger partial charge is 0.478 e. The summed E-state index contributed by atoms with van der Waals surface area (Å²) >= 11 is 0. The lowest BCUT2D eigenvalue weighted by Crippen LogP contribution is -2.44. The fourth-order valence-corrected chi connectivity index (χ4v) is 5.18. The Bertz CT molecular complexity index is 488. The SMILES string of the molecule is CCOc1cc(N)nc(C2C3CC4CC(C3)CC2C4)n1. The monoisotopic (exact) mass is 273 g/mol. The van der Waals surface area contributed by atoms with Gasteiger partial charge in [0.1, 0.15) is 11.6 Å². The van der Waals surface area contributed by atoms with Crippen molar-refractivity contribution >= 4 is 5.82 Å². The van der Waals surface area contributed by atoms with Gasteiger partial charge in [-0.25, -0.2) is 4.98 Å². The third-order valence-electron chi connectivity index (χ3n) is 5.56.